The number of imide groups is 1. The Bertz CT molecular complexity index is 546. The average Bonchev–Trinajstić information content (AvgIpc) is 2.74. The van der Waals surface area contributed by atoms with Crippen molar-refractivity contribution in [3.63, 3.8) is 0 Å². The minimum absolute atomic E-state index is 0.103. The summed E-state index contributed by atoms with van der Waals surface area (Å²) < 4.78 is 0. The highest BCUT2D eigenvalue weighted by Gasteiger charge is 2.50. The van der Waals surface area contributed by atoms with E-state index in [2.05, 4.69) is 0 Å². The molecule has 1 aromatic carbocycles. The summed E-state index contributed by atoms with van der Waals surface area (Å²) in [5, 5.41) is 9.60. The summed E-state index contributed by atoms with van der Waals surface area (Å²) in [7, 11) is 0. The third-order valence-electron chi connectivity index (χ3n) is 3.31. The van der Waals surface area contributed by atoms with Crippen LogP contribution in [0.2, 0.25) is 0 Å². The van der Waals surface area contributed by atoms with E-state index >= 15 is 0 Å². The van der Waals surface area contributed by atoms with Gasteiger partial charge in [-0.25, -0.2) is 4.79 Å². The van der Waals surface area contributed by atoms with Gasteiger partial charge < -0.3 is 5.11 Å². The largest absolute Gasteiger partial charge is 0.479 e. The van der Waals surface area contributed by atoms with Crippen molar-refractivity contribution in [2.75, 3.05) is 0 Å². The highest BCUT2D eigenvalue weighted by molar-refractivity contribution is 6.15. The molecule has 1 unspecified atom stereocenters. The van der Waals surface area contributed by atoms with Gasteiger partial charge in [0.2, 0.25) is 0 Å². The summed E-state index contributed by atoms with van der Waals surface area (Å²) in [4.78, 5) is 36.2. The molecule has 98 valence electrons. The van der Waals surface area contributed by atoms with Gasteiger partial charge in [-0.15, -0.1) is 0 Å². The number of carboxylic acids is 1. The minimum atomic E-state index is -1.65. The summed E-state index contributed by atoms with van der Waals surface area (Å²) in [6.45, 7) is 1.64. The van der Waals surface area contributed by atoms with Crippen LogP contribution in [0.25, 0.3) is 0 Å². The first-order valence-electron chi connectivity index (χ1n) is 5.89. The molecule has 1 N–H and O–H groups in total. The smallest absolute Gasteiger partial charge is 0.334 e. The number of carboxylic acid groups (broad SMARTS) is 1. The molecule has 5 heteroatoms. The Morgan fingerprint density at radius 1 is 1.16 bits per heavy atom. The van der Waals surface area contributed by atoms with Crippen LogP contribution in [0.1, 0.15) is 18.9 Å². The molecule has 19 heavy (non-hydrogen) atoms. The zero-order chi connectivity index (χ0) is 14.0. The molecule has 0 bridgehead atoms. The van der Waals surface area contributed by atoms with Gasteiger partial charge in [-0.05, 0) is 12.0 Å². The third-order valence-corrected chi connectivity index (χ3v) is 3.31. The molecule has 0 saturated heterocycles. The first-order chi connectivity index (χ1) is 9.04. The lowest BCUT2D eigenvalue weighted by Gasteiger charge is -2.36. The Morgan fingerprint density at radius 2 is 1.68 bits per heavy atom. The maximum atomic E-state index is 11.8. The van der Waals surface area contributed by atoms with Crippen molar-refractivity contribution in [1.29, 1.82) is 0 Å². The molecule has 0 spiro atoms. The molecule has 0 fully saturated rings. The molecule has 2 rings (SSSR count). The van der Waals surface area contributed by atoms with Crippen molar-refractivity contribution in [2.45, 2.75) is 18.9 Å². The lowest BCUT2D eigenvalue weighted by atomic mass is 9.85. The quantitative estimate of drug-likeness (QED) is 0.827. The van der Waals surface area contributed by atoms with Gasteiger partial charge in [0.1, 0.15) is 0 Å². The molecular formula is C14H13NO4. The highest BCUT2D eigenvalue weighted by atomic mass is 16.4. The Hall–Kier alpha value is -2.43. The number of rotatable bonds is 4. The van der Waals surface area contributed by atoms with E-state index in [1.54, 1.807) is 37.3 Å². The maximum Gasteiger partial charge on any atom is 0.334 e. The molecule has 5 nitrogen and oxygen atoms in total. The van der Waals surface area contributed by atoms with Crippen LogP contribution in [-0.4, -0.2) is 27.8 Å². The number of carbonyl (C=O) groups is 3. The summed E-state index contributed by atoms with van der Waals surface area (Å²) in [5.74, 6) is -2.41. The second kappa shape index (κ2) is 4.68. The van der Waals surface area contributed by atoms with Crippen LogP contribution >= 0.6 is 0 Å². The van der Waals surface area contributed by atoms with Crippen molar-refractivity contribution in [2.24, 2.45) is 0 Å². The van der Waals surface area contributed by atoms with Crippen molar-refractivity contribution in [3.8, 4) is 0 Å². The van der Waals surface area contributed by atoms with E-state index in [0.717, 1.165) is 17.1 Å². The lowest BCUT2D eigenvalue weighted by Crippen LogP contribution is -2.54. The molecule has 1 atom stereocenters. The first kappa shape index (κ1) is 13.0. The van der Waals surface area contributed by atoms with Gasteiger partial charge >= 0.3 is 5.97 Å². The van der Waals surface area contributed by atoms with Gasteiger partial charge in [-0.2, -0.15) is 0 Å². The fraction of sp³-hybridized carbons (Fsp3) is 0.214. The van der Waals surface area contributed by atoms with Gasteiger partial charge in [-0.3, -0.25) is 14.5 Å². The van der Waals surface area contributed by atoms with E-state index in [4.69, 9.17) is 0 Å². The predicted molar refractivity (Wildman–Crippen MR) is 67.0 cm³/mol. The van der Waals surface area contributed by atoms with E-state index in [9.17, 15) is 19.5 Å². The van der Waals surface area contributed by atoms with Gasteiger partial charge in [0.05, 0.1) is 0 Å². The second-order valence-corrected chi connectivity index (χ2v) is 4.23. The topological polar surface area (TPSA) is 74.7 Å². The SMILES string of the molecule is CCC(C(=O)O)(c1ccccc1)N1C(=O)C=CC1=O. The molecule has 0 saturated carbocycles. The van der Waals surface area contributed by atoms with Crippen molar-refractivity contribution in [3.05, 3.63) is 48.0 Å². The van der Waals surface area contributed by atoms with Gasteiger partial charge in [-0.1, -0.05) is 37.3 Å². The van der Waals surface area contributed by atoms with Crippen LogP contribution in [0, 0.1) is 0 Å². The number of carbonyl (C=O) groups excluding carboxylic acids is 2. The van der Waals surface area contributed by atoms with Crippen molar-refractivity contribution >= 4 is 17.8 Å². The number of benzene rings is 1. The van der Waals surface area contributed by atoms with Crippen molar-refractivity contribution in [1.82, 2.24) is 4.90 Å². The number of hydrogen-bond donors (Lipinski definition) is 1. The van der Waals surface area contributed by atoms with E-state index in [-0.39, 0.29) is 6.42 Å². The van der Waals surface area contributed by atoms with E-state index in [1.165, 1.54) is 0 Å². The Kier molecular flexibility index (Phi) is 3.21. The molecule has 1 aliphatic rings. The summed E-state index contributed by atoms with van der Waals surface area (Å²) in [5.41, 5.74) is -1.24. The minimum Gasteiger partial charge on any atom is -0.479 e. The van der Waals surface area contributed by atoms with E-state index in [1.807, 2.05) is 0 Å². The Morgan fingerprint density at radius 3 is 2.11 bits per heavy atom. The fourth-order valence-corrected chi connectivity index (χ4v) is 2.35. The molecule has 0 aromatic heterocycles. The predicted octanol–water partition coefficient (Wildman–Crippen LogP) is 1.30. The maximum absolute atomic E-state index is 11.8. The number of amides is 2. The van der Waals surface area contributed by atoms with Crippen LogP contribution in [0.15, 0.2) is 42.5 Å². The van der Waals surface area contributed by atoms with Crippen LogP contribution in [0.4, 0.5) is 0 Å². The van der Waals surface area contributed by atoms with Crippen LogP contribution in [0.3, 0.4) is 0 Å². The summed E-state index contributed by atoms with van der Waals surface area (Å²) >= 11 is 0. The number of aliphatic carboxylic acids is 1. The Balaban J connectivity index is 2.62. The molecular weight excluding hydrogens is 246 g/mol. The first-order valence-corrected chi connectivity index (χ1v) is 5.89. The standard InChI is InChI=1S/C14H13NO4/c1-2-14(13(18)19,10-6-4-3-5-7-10)15-11(16)8-9-12(15)17/h3-9H,2H2,1H3,(H,18,19). The van der Waals surface area contributed by atoms with Crippen LogP contribution in [-0.2, 0) is 19.9 Å². The van der Waals surface area contributed by atoms with Crippen LogP contribution in [0.5, 0.6) is 0 Å². The summed E-state index contributed by atoms with van der Waals surface area (Å²) in [6, 6.07) is 8.33. The fourth-order valence-electron chi connectivity index (χ4n) is 2.35. The van der Waals surface area contributed by atoms with E-state index in [0.29, 0.717) is 5.56 Å². The molecule has 0 aliphatic carbocycles. The van der Waals surface area contributed by atoms with E-state index < -0.39 is 23.3 Å². The third kappa shape index (κ3) is 1.83. The Labute approximate surface area is 110 Å². The van der Waals surface area contributed by atoms with Gasteiger partial charge in [0.25, 0.3) is 11.8 Å². The van der Waals surface area contributed by atoms with Crippen molar-refractivity contribution < 1.29 is 19.5 Å². The molecule has 1 aromatic rings. The summed E-state index contributed by atoms with van der Waals surface area (Å²) in [6.07, 6.45) is 2.29. The normalized spacial score (nSPS) is 17.6. The lowest BCUT2D eigenvalue weighted by molar-refractivity contribution is -0.163. The van der Waals surface area contributed by atoms with Gasteiger partial charge in [0.15, 0.2) is 5.54 Å². The second-order valence-electron chi connectivity index (χ2n) is 4.23. The zero-order valence-electron chi connectivity index (χ0n) is 10.4. The highest BCUT2D eigenvalue weighted by Crippen LogP contribution is 2.34. The number of nitrogens with zero attached hydrogens (tertiary/aromatic N) is 1. The number of hydrogen-bond acceptors (Lipinski definition) is 3. The molecule has 2 amide bonds. The molecule has 1 heterocycles. The zero-order valence-corrected chi connectivity index (χ0v) is 10.4. The molecule has 1 aliphatic heterocycles. The monoisotopic (exact) mass is 259 g/mol. The molecule has 0 radical (unpaired) electrons. The van der Waals surface area contributed by atoms with Gasteiger partial charge in [0, 0.05) is 12.2 Å². The van der Waals surface area contributed by atoms with Crippen LogP contribution < -0.4 is 0 Å². The average molecular weight is 259 g/mol.